The van der Waals surface area contributed by atoms with E-state index in [2.05, 4.69) is 28.1 Å². The molecule has 0 aromatic heterocycles. The molecule has 0 amide bonds. The molecule has 0 saturated carbocycles. The largest absolute Gasteiger partial charge is 0.564 e. The average molecular weight is 397 g/mol. The quantitative estimate of drug-likeness (QED) is 0.200. The summed E-state index contributed by atoms with van der Waals surface area (Å²) < 4.78 is 1.12. The number of unbranched alkanes of at least 4 members (excludes halogenated alkanes) is 9. The van der Waals surface area contributed by atoms with Gasteiger partial charge in [-0.05, 0) is 12.8 Å². The maximum Gasteiger partial charge on any atom is 0.564 e. The molecule has 0 atom stereocenters. The minimum atomic E-state index is -2.94. The summed E-state index contributed by atoms with van der Waals surface area (Å²) in [5.74, 6) is 0. The van der Waals surface area contributed by atoms with Crippen molar-refractivity contribution in [1.29, 1.82) is 0 Å². The Morgan fingerprint density at radius 3 is 1.19 bits per heavy atom. The van der Waals surface area contributed by atoms with E-state index in [9.17, 15) is 0 Å². The molecular weight excluding hydrogens is 363 g/mol. The van der Waals surface area contributed by atoms with Crippen LogP contribution in [0.5, 0.6) is 0 Å². The lowest BCUT2D eigenvalue weighted by Gasteiger charge is -2.23. The number of rotatable bonds is 11. The van der Waals surface area contributed by atoms with E-state index in [-0.39, 0.29) is 0 Å². The van der Waals surface area contributed by atoms with Gasteiger partial charge in [0.25, 0.3) is 0 Å². The molecule has 0 saturated heterocycles. The molecular formula is C15H34AlCl4N. The van der Waals surface area contributed by atoms with Crippen LogP contribution in [0, 0.1) is 0 Å². The van der Waals surface area contributed by atoms with E-state index in [0.29, 0.717) is 0 Å². The Labute approximate surface area is 152 Å². The van der Waals surface area contributed by atoms with Gasteiger partial charge >= 0.3 is 9.39 Å². The van der Waals surface area contributed by atoms with Crippen molar-refractivity contribution >= 4 is 49.6 Å². The molecule has 0 N–H and O–H groups in total. The highest BCUT2D eigenvalue weighted by atomic mass is 35.9. The fraction of sp³-hybridized carbons (Fsp3) is 1.00. The molecule has 0 aliphatic carbocycles. The van der Waals surface area contributed by atoms with Crippen molar-refractivity contribution < 1.29 is 4.48 Å². The summed E-state index contributed by atoms with van der Waals surface area (Å²) in [6, 6.07) is 0. The molecule has 0 aliphatic heterocycles. The van der Waals surface area contributed by atoms with Crippen LogP contribution in [0.25, 0.3) is 0 Å². The summed E-state index contributed by atoms with van der Waals surface area (Å²) in [5, 5.41) is 0. The Morgan fingerprint density at radius 2 is 0.905 bits per heavy atom. The van der Waals surface area contributed by atoms with Crippen LogP contribution in [-0.2, 0) is 0 Å². The number of halogens is 4. The fourth-order valence-electron chi connectivity index (χ4n) is 2.07. The van der Waals surface area contributed by atoms with Gasteiger partial charge in [0, 0.05) is 0 Å². The van der Waals surface area contributed by atoms with Crippen LogP contribution in [0.4, 0.5) is 0 Å². The molecule has 21 heavy (non-hydrogen) atoms. The monoisotopic (exact) mass is 395 g/mol. The maximum absolute atomic E-state index is 4.99. The summed E-state index contributed by atoms with van der Waals surface area (Å²) in [5.41, 5.74) is 0. The smallest absolute Gasteiger partial charge is 0.391 e. The minimum absolute atomic E-state index is 1.12. The zero-order valence-electron chi connectivity index (χ0n) is 14.3. The average Bonchev–Trinajstić information content (AvgIpc) is 2.28. The molecule has 0 aliphatic rings. The maximum atomic E-state index is 4.99. The molecule has 0 spiro atoms. The van der Waals surface area contributed by atoms with E-state index < -0.39 is 9.39 Å². The highest BCUT2D eigenvalue weighted by Crippen LogP contribution is 2.23. The minimum Gasteiger partial charge on any atom is -0.391 e. The predicted octanol–water partition coefficient (Wildman–Crippen LogP) is 6.99. The van der Waals surface area contributed by atoms with Crippen molar-refractivity contribution in [3.63, 3.8) is 0 Å². The van der Waals surface area contributed by atoms with E-state index in [0.717, 1.165) is 4.48 Å². The van der Waals surface area contributed by atoms with Crippen molar-refractivity contribution in [3.8, 4) is 0 Å². The summed E-state index contributed by atoms with van der Waals surface area (Å²) in [4.78, 5) is 0. The van der Waals surface area contributed by atoms with E-state index in [1.165, 1.54) is 70.8 Å². The predicted molar refractivity (Wildman–Crippen MR) is 104 cm³/mol. The van der Waals surface area contributed by atoms with Gasteiger partial charge in [-0.3, -0.25) is 0 Å². The van der Waals surface area contributed by atoms with Gasteiger partial charge in [-0.2, -0.15) is 0 Å². The van der Waals surface area contributed by atoms with Crippen molar-refractivity contribution in [2.75, 3.05) is 27.7 Å². The highest BCUT2D eigenvalue weighted by Gasteiger charge is 2.14. The van der Waals surface area contributed by atoms with E-state index in [1.54, 1.807) is 0 Å². The molecule has 0 rings (SSSR count). The first-order valence-electron chi connectivity index (χ1n) is 8.24. The lowest BCUT2D eigenvalue weighted by atomic mass is 10.1. The van der Waals surface area contributed by atoms with E-state index in [1.807, 2.05) is 0 Å². The second-order valence-corrected chi connectivity index (χ2v) is 19.6. The van der Waals surface area contributed by atoms with E-state index >= 15 is 0 Å². The van der Waals surface area contributed by atoms with Gasteiger partial charge in [0.05, 0.1) is 27.7 Å². The lowest BCUT2D eigenvalue weighted by molar-refractivity contribution is -0.870. The summed E-state index contributed by atoms with van der Waals surface area (Å²) in [6.45, 7) is 3.62. The summed E-state index contributed by atoms with van der Waals surface area (Å²) in [7, 11) is 23.9. The molecule has 130 valence electrons. The zero-order chi connectivity index (χ0) is 16.8. The first-order valence-corrected chi connectivity index (χ1v) is 15.2. The van der Waals surface area contributed by atoms with Crippen LogP contribution < -0.4 is 0 Å². The Morgan fingerprint density at radius 1 is 0.619 bits per heavy atom. The standard InChI is InChI=1S/C15H34N.Al.4ClH/c1-5-6-7-8-9-10-11-12-13-14-15-16(2,3)4;;;;;/h5-15H2,1-4H3;;4*1H/q+1;+3;;;;/p-4. The van der Waals surface area contributed by atoms with Crippen LogP contribution in [-0.4, -0.2) is 41.6 Å². The molecule has 0 aromatic rings. The molecule has 0 fully saturated rings. The summed E-state index contributed by atoms with van der Waals surface area (Å²) >= 11 is 0. The van der Waals surface area contributed by atoms with Gasteiger partial charge in [0.15, 0.2) is 0 Å². The summed E-state index contributed by atoms with van der Waals surface area (Å²) in [6.07, 6.45) is 14.4. The molecule has 0 heterocycles. The van der Waals surface area contributed by atoms with Crippen LogP contribution in [0.3, 0.4) is 0 Å². The Balaban J connectivity index is 0. The van der Waals surface area contributed by atoms with Crippen LogP contribution >= 0.6 is 40.2 Å². The Bertz CT molecular complexity index is 209. The third-order valence-corrected chi connectivity index (χ3v) is 3.18. The van der Waals surface area contributed by atoms with Crippen LogP contribution in [0.2, 0.25) is 0 Å². The highest BCUT2D eigenvalue weighted by molar-refractivity contribution is 7.81. The topological polar surface area (TPSA) is 0 Å². The first-order chi connectivity index (χ1) is 9.56. The second kappa shape index (κ2) is 15.2. The van der Waals surface area contributed by atoms with Crippen molar-refractivity contribution in [2.24, 2.45) is 0 Å². The lowest BCUT2D eigenvalue weighted by Crippen LogP contribution is -2.35. The van der Waals surface area contributed by atoms with E-state index in [4.69, 9.17) is 40.2 Å². The molecule has 0 bridgehead atoms. The van der Waals surface area contributed by atoms with Gasteiger partial charge in [-0.15, -0.1) is 0 Å². The number of hydrogen-bond acceptors (Lipinski definition) is 0. The van der Waals surface area contributed by atoms with Gasteiger partial charge in [-0.25, -0.2) is 0 Å². The Kier molecular flexibility index (Phi) is 18.0. The molecule has 0 radical (unpaired) electrons. The Hall–Kier alpha value is 1.65. The van der Waals surface area contributed by atoms with Gasteiger partial charge in [-0.1, -0.05) is 58.3 Å². The normalized spacial score (nSPS) is 12.0. The van der Waals surface area contributed by atoms with Crippen LogP contribution in [0.15, 0.2) is 0 Å². The molecule has 0 aromatic carbocycles. The fourth-order valence-corrected chi connectivity index (χ4v) is 2.07. The van der Waals surface area contributed by atoms with Gasteiger partial charge in [0.1, 0.15) is 0 Å². The van der Waals surface area contributed by atoms with Crippen molar-refractivity contribution in [3.05, 3.63) is 0 Å². The SMILES string of the molecule is CCCCCCCCCCCC[N+](C)(C)C.[Cl][Al-]([Cl])([Cl])[Cl]. The van der Waals surface area contributed by atoms with Crippen LogP contribution in [0.1, 0.15) is 71.1 Å². The van der Waals surface area contributed by atoms with Crippen molar-refractivity contribution in [2.45, 2.75) is 71.1 Å². The second-order valence-electron chi connectivity index (χ2n) is 6.69. The zero-order valence-corrected chi connectivity index (χ0v) is 18.5. The van der Waals surface area contributed by atoms with Gasteiger partial charge < -0.3 is 44.7 Å². The van der Waals surface area contributed by atoms with Gasteiger partial charge in [0.2, 0.25) is 0 Å². The molecule has 6 heteroatoms. The first kappa shape index (κ1) is 24.9. The molecule has 1 nitrogen and oxygen atoms in total. The number of hydrogen-bond donors (Lipinski definition) is 0. The third-order valence-electron chi connectivity index (χ3n) is 3.18. The van der Waals surface area contributed by atoms with Crippen molar-refractivity contribution in [1.82, 2.24) is 0 Å². The number of quaternary nitrogens is 1. The number of nitrogens with zero attached hydrogens (tertiary/aromatic N) is 1. The third kappa shape index (κ3) is 39.0. The molecule has 0 unspecified atom stereocenters.